The Balaban J connectivity index is 2.07. The first kappa shape index (κ1) is 11.7. The minimum absolute atomic E-state index is 0.223. The lowest BCUT2D eigenvalue weighted by atomic mass is 9.91. The highest BCUT2D eigenvalue weighted by molar-refractivity contribution is 5.27. The standard InChI is InChI=1S/C15H23N/c1-11(2)10-12-4-6-13(7-5-12)14(16)15(3)8-9-15/h4-7,11,14H,8-10,16H2,1-3H3. The van der Waals surface area contributed by atoms with Crippen LogP contribution < -0.4 is 5.73 Å². The maximum Gasteiger partial charge on any atom is 0.0349 e. The number of benzene rings is 1. The summed E-state index contributed by atoms with van der Waals surface area (Å²) in [6.07, 6.45) is 3.72. The molecule has 0 aliphatic heterocycles. The van der Waals surface area contributed by atoms with Gasteiger partial charge in [0.25, 0.3) is 0 Å². The van der Waals surface area contributed by atoms with E-state index in [4.69, 9.17) is 5.73 Å². The summed E-state index contributed by atoms with van der Waals surface area (Å²) in [5.74, 6) is 0.723. The van der Waals surface area contributed by atoms with Crippen LogP contribution in [0.5, 0.6) is 0 Å². The van der Waals surface area contributed by atoms with Crippen molar-refractivity contribution in [3.63, 3.8) is 0 Å². The van der Waals surface area contributed by atoms with Crippen molar-refractivity contribution >= 4 is 0 Å². The number of rotatable bonds is 4. The molecule has 0 spiro atoms. The minimum atomic E-state index is 0.223. The predicted molar refractivity (Wildman–Crippen MR) is 69.3 cm³/mol. The van der Waals surface area contributed by atoms with E-state index in [-0.39, 0.29) is 6.04 Å². The average Bonchev–Trinajstić information content (AvgIpc) is 2.97. The second-order valence-electron chi connectivity index (χ2n) is 5.97. The van der Waals surface area contributed by atoms with Crippen molar-refractivity contribution in [1.82, 2.24) is 0 Å². The summed E-state index contributed by atoms with van der Waals surface area (Å²) in [6.45, 7) is 6.80. The van der Waals surface area contributed by atoms with Gasteiger partial charge in [-0.25, -0.2) is 0 Å². The molecule has 1 aliphatic rings. The van der Waals surface area contributed by atoms with Crippen molar-refractivity contribution in [1.29, 1.82) is 0 Å². The molecule has 0 heterocycles. The van der Waals surface area contributed by atoms with E-state index in [1.807, 2.05) is 0 Å². The highest BCUT2D eigenvalue weighted by Crippen LogP contribution is 2.53. The normalized spacial score (nSPS) is 19.8. The van der Waals surface area contributed by atoms with Gasteiger partial charge in [-0.3, -0.25) is 0 Å². The maximum absolute atomic E-state index is 6.29. The Kier molecular flexibility index (Phi) is 3.07. The predicted octanol–water partition coefficient (Wildman–Crippen LogP) is 3.69. The minimum Gasteiger partial charge on any atom is -0.323 e. The number of hydrogen-bond acceptors (Lipinski definition) is 1. The van der Waals surface area contributed by atoms with E-state index in [0.29, 0.717) is 5.41 Å². The van der Waals surface area contributed by atoms with Gasteiger partial charge in [-0.2, -0.15) is 0 Å². The Morgan fingerprint density at radius 1 is 1.19 bits per heavy atom. The van der Waals surface area contributed by atoms with Gasteiger partial charge in [0.1, 0.15) is 0 Å². The van der Waals surface area contributed by atoms with Crippen molar-refractivity contribution in [3.05, 3.63) is 35.4 Å². The first-order valence-corrected chi connectivity index (χ1v) is 6.36. The molecule has 88 valence electrons. The molecule has 0 bridgehead atoms. The molecule has 1 fully saturated rings. The number of nitrogens with two attached hydrogens (primary N) is 1. The molecule has 2 rings (SSSR count). The van der Waals surface area contributed by atoms with Crippen LogP contribution in [0.25, 0.3) is 0 Å². The quantitative estimate of drug-likeness (QED) is 0.818. The van der Waals surface area contributed by atoms with E-state index < -0.39 is 0 Å². The highest BCUT2D eigenvalue weighted by atomic mass is 14.7. The first-order valence-electron chi connectivity index (χ1n) is 6.36. The van der Waals surface area contributed by atoms with Crippen molar-refractivity contribution in [2.45, 2.75) is 46.1 Å². The molecular formula is C15H23N. The van der Waals surface area contributed by atoms with Gasteiger partial charge in [0.2, 0.25) is 0 Å². The fourth-order valence-corrected chi connectivity index (χ4v) is 2.24. The Morgan fingerprint density at radius 2 is 1.75 bits per heavy atom. The molecule has 16 heavy (non-hydrogen) atoms. The highest BCUT2D eigenvalue weighted by Gasteiger charge is 2.43. The van der Waals surface area contributed by atoms with E-state index in [9.17, 15) is 0 Å². The topological polar surface area (TPSA) is 26.0 Å². The van der Waals surface area contributed by atoms with Crippen LogP contribution in [0.1, 0.15) is 50.8 Å². The van der Waals surface area contributed by atoms with E-state index >= 15 is 0 Å². The van der Waals surface area contributed by atoms with Gasteiger partial charge in [-0.05, 0) is 41.7 Å². The second-order valence-corrected chi connectivity index (χ2v) is 5.97. The maximum atomic E-state index is 6.29. The SMILES string of the molecule is CC(C)Cc1ccc(C(N)C2(C)CC2)cc1. The van der Waals surface area contributed by atoms with Crippen molar-refractivity contribution < 1.29 is 0 Å². The second kappa shape index (κ2) is 4.21. The Bertz CT molecular complexity index is 346. The van der Waals surface area contributed by atoms with E-state index in [1.165, 1.54) is 24.0 Å². The van der Waals surface area contributed by atoms with Crippen LogP contribution >= 0.6 is 0 Å². The van der Waals surface area contributed by atoms with Crippen molar-refractivity contribution in [3.8, 4) is 0 Å². The Labute approximate surface area is 99.0 Å². The lowest BCUT2D eigenvalue weighted by Gasteiger charge is -2.19. The summed E-state index contributed by atoms with van der Waals surface area (Å²) in [7, 11) is 0. The smallest absolute Gasteiger partial charge is 0.0349 e. The molecule has 1 saturated carbocycles. The van der Waals surface area contributed by atoms with Gasteiger partial charge in [-0.15, -0.1) is 0 Å². The van der Waals surface area contributed by atoms with Crippen molar-refractivity contribution in [2.24, 2.45) is 17.1 Å². The van der Waals surface area contributed by atoms with Gasteiger partial charge < -0.3 is 5.73 Å². The third-order valence-corrected chi connectivity index (χ3v) is 3.77. The monoisotopic (exact) mass is 217 g/mol. The van der Waals surface area contributed by atoms with Crippen LogP contribution in [0.2, 0.25) is 0 Å². The average molecular weight is 217 g/mol. The lowest BCUT2D eigenvalue weighted by Crippen LogP contribution is -2.19. The molecule has 1 atom stereocenters. The molecule has 1 aromatic carbocycles. The molecule has 0 amide bonds. The molecule has 2 N–H and O–H groups in total. The van der Waals surface area contributed by atoms with E-state index in [1.54, 1.807) is 0 Å². The van der Waals surface area contributed by atoms with Crippen LogP contribution in [0.4, 0.5) is 0 Å². The lowest BCUT2D eigenvalue weighted by molar-refractivity contribution is 0.451. The van der Waals surface area contributed by atoms with Crippen LogP contribution in [-0.4, -0.2) is 0 Å². The molecule has 1 nitrogen and oxygen atoms in total. The molecule has 1 aromatic rings. The summed E-state index contributed by atoms with van der Waals surface area (Å²) in [4.78, 5) is 0. The molecule has 1 aliphatic carbocycles. The van der Waals surface area contributed by atoms with Gasteiger partial charge in [0, 0.05) is 6.04 Å². The molecule has 0 saturated heterocycles. The van der Waals surface area contributed by atoms with Crippen molar-refractivity contribution in [2.75, 3.05) is 0 Å². The van der Waals surface area contributed by atoms with Crippen LogP contribution in [0, 0.1) is 11.3 Å². The molecule has 1 heteroatoms. The van der Waals surface area contributed by atoms with Gasteiger partial charge in [0.15, 0.2) is 0 Å². The fourth-order valence-electron chi connectivity index (χ4n) is 2.24. The van der Waals surface area contributed by atoms with Crippen LogP contribution in [0.15, 0.2) is 24.3 Å². The largest absolute Gasteiger partial charge is 0.323 e. The summed E-state index contributed by atoms with van der Waals surface area (Å²) in [5, 5.41) is 0. The molecular weight excluding hydrogens is 194 g/mol. The third kappa shape index (κ3) is 2.46. The molecule has 1 unspecified atom stereocenters. The Morgan fingerprint density at radius 3 is 2.19 bits per heavy atom. The summed E-state index contributed by atoms with van der Waals surface area (Å²) < 4.78 is 0. The molecule has 0 aromatic heterocycles. The van der Waals surface area contributed by atoms with Gasteiger partial charge in [-0.1, -0.05) is 45.0 Å². The summed E-state index contributed by atoms with van der Waals surface area (Å²) in [6, 6.07) is 9.13. The third-order valence-electron chi connectivity index (χ3n) is 3.77. The summed E-state index contributed by atoms with van der Waals surface area (Å²) >= 11 is 0. The molecule has 0 radical (unpaired) electrons. The number of hydrogen-bond donors (Lipinski definition) is 1. The zero-order valence-electron chi connectivity index (χ0n) is 10.7. The fraction of sp³-hybridized carbons (Fsp3) is 0.600. The first-order chi connectivity index (χ1) is 7.51. The zero-order chi connectivity index (χ0) is 11.8. The zero-order valence-corrected chi connectivity index (χ0v) is 10.7. The summed E-state index contributed by atoms with van der Waals surface area (Å²) in [5.41, 5.74) is 9.38. The van der Waals surface area contributed by atoms with Crippen LogP contribution in [-0.2, 0) is 6.42 Å². The van der Waals surface area contributed by atoms with Crippen LogP contribution in [0.3, 0.4) is 0 Å². The Hall–Kier alpha value is -0.820. The van der Waals surface area contributed by atoms with Gasteiger partial charge in [0.05, 0.1) is 0 Å². The van der Waals surface area contributed by atoms with E-state index in [2.05, 4.69) is 45.0 Å². The van der Waals surface area contributed by atoms with E-state index in [0.717, 1.165) is 12.3 Å². The van der Waals surface area contributed by atoms with Gasteiger partial charge >= 0.3 is 0 Å².